The molecule has 3 aromatic rings. The van der Waals surface area contributed by atoms with E-state index in [4.69, 9.17) is 14.2 Å². The summed E-state index contributed by atoms with van der Waals surface area (Å²) >= 11 is 0. The number of likely N-dealkylation sites (tertiary alicyclic amines) is 1. The van der Waals surface area contributed by atoms with Gasteiger partial charge in [-0.2, -0.15) is 0 Å². The molecule has 8 heteroatoms. The van der Waals surface area contributed by atoms with E-state index >= 15 is 0 Å². The van der Waals surface area contributed by atoms with Crippen molar-refractivity contribution in [3.63, 3.8) is 0 Å². The third-order valence-corrected chi connectivity index (χ3v) is 5.76. The Hall–Kier alpha value is -4.33. The van der Waals surface area contributed by atoms with Crippen molar-refractivity contribution < 1.29 is 28.9 Å². The number of pyridine rings is 1. The van der Waals surface area contributed by atoms with Crippen molar-refractivity contribution >= 4 is 17.4 Å². The Morgan fingerprint density at radius 2 is 1.65 bits per heavy atom. The number of hydrogen-bond acceptors (Lipinski definition) is 7. The number of carbonyl (C=O) groups is 2. The quantitative estimate of drug-likeness (QED) is 0.326. The molecule has 4 rings (SSSR count). The first-order valence-electron chi connectivity index (χ1n) is 10.5. The molecule has 0 spiro atoms. The van der Waals surface area contributed by atoms with Crippen molar-refractivity contribution in [2.45, 2.75) is 12.6 Å². The average molecular weight is 460 g/mol. The highest BCUT2D eigenvalue weighted by Gasteiger charge is 2.46. The van der Waals surface area contributed by atoms with Gasteiger partial charge in [0.25, 0.3) is 11.7 Å². The number of rotatable bonds is 7. The molecule has 0 saturated carbocycles. The van der Waals surface area contributed by atoms with Crippen LogP contribution in [0.4, 0.5) is 0 Å². The van der Waals surface area contributed by atoms with E-state index in [0.29, 0.717) is 22.8 Å². The van der Waals surface area contributed by atoms with Crippen LogP contribution in [0.25, 0.3) is 5.76 Å². The number of benzene rings is 2. The largest absolute Gasteiger partial charge is 0.507 e. The molecule has 1 saturated heterocycles. The van der Waals surface area contributed by atoms with Crippen LogP contribution in [0.15, 0.2) is 72.6 Å². The van der Waals surface area contributed by atoms with E-state index in [1.54, 1.807) is 55.9 Å². The van der Waals surface area contributed by atoms with Gasteiger partial charge < -0.3 is 24.2 Å². The highest BCUT2D eigenvalue weighted by molar-refractivity contribution is 6.46. The summed E-state index contributed by atoms with van der Waals surface area (Å²) in [5.74, 6) is -0.477. The van der Waals surface area contributed by atoms with Crippen LogP contribution < -0.4 is 14.2 Å². The SMILES string of the molecule is COc1ccc(OC)c(/C(O)=C2\C(=O)C(=O)N(Cc3ccccc3OC)C2c2ccncc2)c1. The highest BCUT2D eigenvalue weighted by atomic mass is 16.5. The van der Waals surface area contributed by atoms with Gasteiger partial charge in [0.2, 0.25) is 0 Å². The second kappa shape index (κ2) is 9.66. The van der Waals surface area contributed by atoms with E-state index in [1.165, 1.54) is 19.1 Å². The molecule has 2 aromatic carbocycles. The number of ether oxygens (including phenoxy) is 3. The summed E-state index contributed by atoms with van der Waals surface area (Å²) in [6.45, 7) is 0.105. The van der Waals surface area contributed by atoms with Crippen LogP contribution in [0.5, 0.6) is 17.2 Å². The number of amides is 1. The first kappa shape index (κ1) is 22.8. The number of aromatic nitrogens is 1. The third kappa shape index (κ3) is 4.05. The molecule has 1 aliphatic rings. The minimum absolute atomic E-state index is 0.0438. The fourth-order valence-corrected chi connectivity index (χ4v) is 4.10. The normalized spacial score (nSPS) is 17.0. The lowest BCUT2D eigenvalue weighted by molar-refractivity contribution is -0.140. The average Bonchev–Trinajstić information content (AvgIpc) is 3.13. The molecule has 0 radical (unpaired) electrons. The van der Waals surface area contributed by atoms with Gasteiger partial charge in [-0.3, -0.25) is 14.6 Å². The Morgan fingerprint density at radius 3 is 2.32 bits per heavy atom. The van der Waals surface area contributed by atoms with Crippen LogP contribution in [-0.4, -0.2) is 48.0 Å². The standard InChI is InChI=1S/C26H24N2O6/c1-32-18-8-9-21(34-3)19(14-18)24(29)22-23(16-10-12-27-13-11-16)28(26(31)25(22)30)15-17-6-4-5-7-20(17)33-2/h4-14,23,29H,15H2,1-3H3/b24-22+. The molecule has 1 amide bonds. The monoisotopic (exact) mass is 460 g/mol. The molecular formula is C26H24N2O6. The fraction of sp³-hybridized carbons (Fsp3) is 0.192. The van der Waals surface area contributed by atoms with Gasteiger partial charge in [-0.15, -0.1) is 0 Å². The summed E-state index contributed by atoms with van der Waals surface area (Å²) in [7, 11) is 4.50. The predicted molar refractivity (Wildman–Crippen MR) is 125 cm³/mol. The first-order valence-corrected chi connectivity index (χ1v) is 10.5. The zero-order valence-electron chi connectivity index (χ0n) is 19.0. The molecule has 1 N–H and O–H groups in total. The molecule has 0 bridgehead atoms. The molecule has 2 heterocycles. The highest BCUT2D eigenvalue weighted by Crippen LogP contribution is 2.42. The van der Waals surface area contributed by atoms with E-state index in [0.717, 1.165) is 5.56 Å². The second-order valence-corrected chi connectivity index (χ2v) is 7.59. The zero-order chi connectivity index (χ0) is 24.2. The Morgan fingerprint density at radius 1 is 0.941 bits per heavy atom. The van der Waals surface area contributed by atoms with Gasteiger partial charge in [0, 0.05) is 18.0 Å². The number of aliphatic hydroxyl groups excluding tert-OH is 1. The summed E-state index contributed by atoms with van der Waals surface area (Å²) in [6, 6.07) is 14.7. The number of methoxy groups -OCH3 is 3. The summed E-state index contributed by atoms with van der Waals surface area (Å²) in [4.78, 5) is 32.0. The Labute approximate surface area is 197 Å². The van der Waals surface area contributed by atoms with Crippen molar-refractivity contribution in [1.29, 1.82) is 0 Å². The lowest BCUT2D eigenvalue weighted by Crippen LogP contribution is -2.29. The van der Waals surface area contributed by atoms with Gasteiger partial charge >= 0.3 is 0 Å². The zero-order valence-corrected chi connectivity index (χ0v) is 19.0. The van der Waals surface area contributed by atoms with Crippen LogP contribution >= 0.6 is 0 Å². The summed E-state index contributed by atoms with van der Waals surface area (Å²) < 4.78 is 16.1. The minimum Gasteiger partial charge on any atom is -0.507 e. The molecule has 1 aliphatic heterocycles. The van der Waals surface area contributed by atoms with Gasteiger partial charge in [-0.25, -0.2) is 0 Å². The first-order chi connectivity index (χ1) is 16.5. The van der Waals surface area contributed by atoms with Crippen molar-refractivity contribution in [2.24, 2.45) is 0 Å². The molecule has 34 heavy (non-hydrogen) atoms. The van der Waals surface area contributed by atoms with E-state index in [2.05, 4.69) is 4.98 Å². The summed E-state index contributed by atoms with van der Waals surface area (Å²) in [6.07, 6.45) is 3.15. The molecule has 1 atom stereocenters. The summed E-state index contributed by atoms with van der Waals surface area (Å²) in [5.41, 5.74) is 1.56. The van der Waals surface area contributed by atoms with Gasteiger partial charge in [-0.05, 0) is 42.0 Å². The molecule has 1 fully saturated rings. The van der Waals surface area contributed by atoms with Crippen LogP contribution in [0.1, 0.15) is 22.7 Å². The maximum absolute atomic E-state index is 13.3. The predicted octanol–water partition coefficient (Wildman–Crippen LogP) is 3.73. The van der Waals surface area contributed by atoms with Gasteiger partial charge in [0.15, 0.2) is 0 Å². The molecule has 174 valence electrons. The lowest BCUT2D eigenvalue weighted by Gasteiger charge is -2.26. The van der Waals surface area contributed by atoms with Crippen molar-refractivity contribution in [3.8, 4) is 17.2 Å². The third-order valence-electron chi connectivity index (χ3n) is 5.76. The number of Topliss-reactive ketones (excluding diaryl/α,β-unsaturated/α-hetero) is 1. The Balaban J connectivity index is 1.90. The Kier molecular flexibility index (Phi) is 6.49. The molecule has 1 unspecified atom stereocenters. The number of ketones is 1. The van der Waals surface area contributed by atoms with Crippen LogP contribution in [0, 0.1) is 0 Å². The van der Waals surface area contributed by atoms with Gasteiger partial charge in [0.05, 0.1) is 45.1 Å². The Bertz CT molecular complexity index is 1260. The fourth-order valence-electron chi connectivity index (χ4n) is 4.10. The van der Waals surface area contributed by atoms with E-state index < -0.39 is 17.7 Å². The van der Waals surface area contributed by atoms with Crippen LogP contribution in [0.2, 0.25) is 0 Å². The minimum atomic E-state index is -0.844. The smallest absolute Gasteiger partial charge is 0.295 e. The van der Waals surface area contributed by atoms with E-state index in [9.17, 15) is 14.7 Å². The molecule has 1 aromatic heterocycles. The molecule has 8 nitrogen and oxygen atoms in total. The number of aliphatic hydroxyl groups is 1. The number of carbonyl (C=O) groups excluding carboxylic acids is 2. The number of hydrogen-bond donors (Lipinski definition) is 1. The number of nitrogens with zero attached hydrogens (tertiary/aromatic N) is 2. The van der Waals surface area contributed by atoms with Crippen molar-refractivity contribution in [2.75, 3.05) is 21.3 Å². The second-order valence-electron chi connectivity index (χ2n) is 7.59. The topological polar surface area (TPSA) is 98.2 Å². The van der Waals surface area contributed by atoms with Crippen molar-refractivity contribution in [3.05, 3.63) is 89.3 Å². The lowest BCUT2D eigenvalue weighted by atomic mass is 9.95. The van der Waals surface area contributed by atoms with Crippen LogP contribution in [-0.2, 0) is 16.1 Å². The van der Waals surface area contributed by atoms with Crippen LogP contribution in [0.3, 0.4) is 0 Å². The van der Waals surface area contributed by atoms with Gasteiger partial charge in [0.1, 0.15) is 23.0 Å². The van der Waals surface area contributed by atoms with E-state index in [-0.39, 0.29) is 23.4 Å². The summed E-state index contributed by atoms with van der Waals surface area (Å²) in [5, 5.41) is 11.4. The maximum atomic E-state index is 13.3. The van der Waals surface area contributed by atoms with Crippen molar-refractivity contribution in [1.82, 2.24) is 9.88 Å². The maximum Gasteiger partial charge on any atom is 0.295 e. The molecular weight excluding hydrogens is 436 g/mol. The van der Waals surface area contributed by atoms with E-state index in [1.807, 2.05) is 18.2 Å². The number of para-hydroxylation sites is 1. The van der Waals surface area contributed by atoms with Gasteiger partial charge in [-0.1, -0.05) is 18.2 Å². The molecule has 0 aliphatic carbocycles.